The number of imidazole rings is 2. The number of nitrogens with one attached hydrogen (secondary N) is 3. The van der Waals surface area contributed by atoms with E-state index in [2.05, 4.69) is 57.8 Å². The molecule has 9 nitrogen and oxygen atoms in total. The second kappa shape index (κ2) is 13.0. The van der Waals surface area contributed by atoms with Gasteiger partial charge in [0, 0.05) is 43.4 Å². The minimum absolute atomic E-state index is 0.129. The highest BCUT2D eigenvalue weighted by atomic mass is 32.2. The maximum absolute atomic E-state index is 13.4. The van der Waals surface area contributed by atoms with Crippen LogP contribution < -0.4 is 5.32 Å². The molecule has 0 fully saturated rings. The van der Waals surface area contributed by atoms with E-state index in [0.717, 1.165) is 31.5 Å². The molecule has 0 radical (unpaired) electrons. The van der Waals surface area contributed by atoms with Crippen molar-refractivity contribution in [2.45, 2.75) is 77.2 Å². The first-order valence-corrected chi connectivity index (χ1v) is 13.7. The summed E-state index contributed by atoms with van der Waals surface area (Å²) in [6.07, 6.45) is 8.84. The Kier molecular flexibility index (Phi) is 10.0. The Hall–Kier alpha value is -2.53. The zero-order chi connectivity index (χ0) is 25.3. The molecule has 192 valence electrons. The van der Waals surface area contributed by atoms with Gasteiger partial charge in [0.05, 0.1) is 18.0 Å². The fourth-order valence-electron chi connectivity index (χ4n) is 4.15. The molecule has 3 aromatic rings. The average Bonchev–Trinajstić information content (AvgIpc) is 3.52. The second-order valence-electron chi connectivity index (χ2n) is 9.30. The van der Waals surface area contributed by atoms with Crippen LogP contribution in [0.15, 0.2) is 53.9 Å². The fraction of sp³-hybridized carbons (Fsp3) is 0.520. The normalized spacial score (nSPS) is 12.5. The summed E-state index contributed by atoms with van der Waals surface area (Å²) in [6, 6.07) is 8.21. The molecule has 2 heterocycles. The average molecular weight is 502 g/mol. The number of hydrogen-bond donors (Lipinski definition) is 3. The predicted octanol–water partition coefficient (Wildman–Crippen LogP) is 3.51. The monoisotopic (exact) mass is 501 g/mol. The molecule has 3 N–H and O–H groups in total. The molecule has 10 heteroatoms. The first kappa shape index (κ1) is 27.1. The smallest absolute Gasteiger partial charge is 0.243 e. The molecule has 0 unspecified atom stereocenters. The van der Waals surface area contributed by atoms with Crippen LogP contribution in [0.25, 0.3) is 0 Å². The van der Waals surface area contributed by atoms with Crippen LogP contribution in [-0.2, 0) is 29.7 Å². The molecule has 35 heavy (non-hydrogen) atoms. The topological polar surface area (TPSA) is 110 Å². The molecule has 2 aromatic heterocycles. The molecule has 0 saturated carbocycles. The van der Waals surface area contributed by atoms with Crippen molar-refractivity contribution < 1.29 is 8.42 Å². The number of aromatic nitrogens is 4. The maximum atomic E-state index is 13.4. The van der Waals surface area contributed by atoms with Crippen molar-refractivity contribution in [1.82, 2.24) is 34.5 Å². The summed E-state index contributed by atoms with van der Waals surface area (Å²) in [5, 5.41) is 3.47. The molecule has 0 atom stereocenters. The summed E-state index contributed by atoms with van der Waals surface area (Å²) in [6.45, 7) is 12.0. The third-order valence-electron chi connectivity index (χ3n) is 6.00. The van der Waals surface area contributed by atoms with Gasteiger partial charge in [0.25, 0.3) is 0 Å². The van der Waals surface area contributed by atoms with E-state index >= 15 is 0 Å². The van der Waals surface area contributed by atoms with Crippen LogP contribution in [0.3, 0.4) is 0 Å². The molecule has 0 amide bonds. The number of hydrogen-bond acceptors (Lipinski definition) is 6. The summed E-state index contributed by atoms with van der Waals surface area (Å²) in [4.78, 5) is 17.1. The van der Waals surface area contributed by atoms with Gasteiger partial charge in [-0.2, -0.15) is 4.31 Å². The lowest BCUT2D eigenvalue weighted by molar-refractivity contribution is 0.171. The minimum Gasteiger partial charge on any atom is -0.347 e. The maximum Gasteiger partial charge on any atom is 0.243 e. The minimum atomic E-state index is -3.74. The number of benzene rings is 1. The number of H-pyrrole nitrogens is 2. The van der Waals surface area contributed by atoms with E-state index in [9.17, 15) is 8.42 Å². The van der Waals surface area contributed by atoms with Gasteiger partial charge in [-0.1, -0.05) is 12.1 Å². The van der Waals surface area contributed by atoms with Gasteiger partial charge in [0.2, 0.25) is 10.0 Å². The van der Waals surface area contributed by atoms with Gasteiger partial charge in [0.15, 0.2) is 0 Å². The molecule has 0 saturated heterocycles. The molecule has 0 aliphatic heterocycles. The second-order valence-corrected chi connectivity index (χ2v) is 11.2. The van der Waals surface area contributed by atoms with Crippen LogP contribution in [-0.4, -0.2) is 62.7 Å². The van der Waals surface area contributed by atoms with E-state index in [1.165, 1.54) is 4.31 Å². The van der Waals surface area contributed by atoms with Crippen LogP contribution in [0.2, 0.25) is 0 Å². The number of aromatic amines is 2. The summed E-state index contributed by atoms with van der Waals surface area (Å²) in [7, 11) is -3.74. The van der Waals surface area contributed by atoms with Crippen LogP contribution in [0.5, 0.6) is 0 Å². The lowest BCUT2D eigenvalue weighted by Crippen LogP contribution is -2.37. The van der Waals surface area contributed by atoms with Crippen molar-refractivity contribution in [1.29, 1.82) is 0 Å². The van der Waals surface area contributed by atoms with Gasteiger partial charge in [-0.15, -0.1) is 0 Å². The highest BCUT2D eigenvalue weighted by molar-refractivity contribution is 7.89. The Morgan fingerprint density at radius 3 is 1.94 bits per heavy atom. The SMILES string of the molecule is CC(C)N(CCCCNCc1ccc(S(=O)(=O)N(Cc2ncc[nH]2)Cc2ncc[nH]2)cc1)C(C)C. The molecule has 1 aromatic carbocycles. The van der Waals surface area contributed by atoms with E-state index in [1.54, 1.807) is 36.9 Å². The highest BCUT2D eigenvalue weighted by Crippen LogP contribution is 2.20. The van der Waals surface area contributed by atoms with E-state index in [1.807, 2.05) is 12.1 Å². The van der Waals surface area contributed by atoms with E-state index in [4.69, 9.17) is 0 Å². The summed E-state index contributed by atoms with van der Waals surface area (Å²) in [5.41, 5.74) is 1.05. The van der Waals surface area contributed by atoms with Gasteiger partial charge in [-0.25, -0.2) is 18.4 Å². The standard InChI is InChI=1S/C25H39N7O2S/c1-20(2)32(21(3)4)16-6-5-11-26-17-22-7-9-23(10-8-22)35(33,34)31(18-24-27-12-13-28-24)19-25-29-14-15-30-25/h7-10,12-15,20-21,26H,5-6,11,16-19H2,1-4H3,(H,27,28)(H,29,30). The number of sulfonamides is 1. The summed E-state index contributed by atoms with van der Waals surface area (Å²) < 4.78 is 28.2. The van der Waals surface area contributed by atoms with Crippen molar-refractivity contribution in [2.24, 2.45) is 0 Å². The molecule has 3 rings (SSSR count). The Labute approximate surface area is 209 Å². The molecule has 0 spiro atoms. The third kappa shape index (κ3) is 7.99. The van der Waals surface area contributed by atoms with Crippen LogP contribution in [0.1, 0.15) is 57.7 Å². The first-order valence-electron chi connectivity index (χ1n) is 12.3. The van der Waals surface area contributed by atoms with Crippen LogP contribution >= 0.6 is 0 Å². The van der Waals surface area contributed by atoms with Crippen molar-refractivity contribution in [2.75, 3.05) is 13.1 Å². The highest BCUT2D eigenvalue weighted by Gasteiger charge is 2.26. The molecule has 0 aliphatic carbocycles. The summed E-state index contributed by atoms with van der Waals surface area (Å²) >= 11 is 0. The lowest BCUT2D eigenvalue weighted by Gasteiger charge is -2.30. The quantitative estimate of drug-likeness (QED) is 0.275. The van der Waals surface area contributed by atoms with Crippen LogP contribution in [0.4, 0.5) is 0 Å². The predicted molar refractivity (Wildman–Crippen MR) is 138 cm³/mol. The van der Waals surface area contributed by atoms with Gasteiger partial charge >= 0.3 is 0 Å². The zero-order valence-electron chi connectivity index (χ0n) is 21.2. The van der Waals surface area contributed by atoms with Gasteiger partial charge in [0.1, 0.15) is 11.6 Å². The van der Waals surface area contributed by atoms with Crippen molar-refractivity contribution in [3.63, 3.8) is 0 Å². The van der Waals surface area contributed by atoms with Crippen molar-refractivity contribution in [3.8, 4) is 0 Å². The van der Waals surface area contributed by atoms with Crippen LogP contribution in [0, 0.1) is 0 Å². The molecule has 0 bridgehead atoms. The Morgan fingerprint density at radius 1 is 0.886 bits per heavy atom. The molecular weight excluding hydrogens is 462 g/mol. The van der Waals surface area contributed by atoms with E-state index < -0.39 is 10.0 Å². The van der Waals surface area contributed by atoms with Gasteiger partial charge in [-0.05, 0) is 71.3 Å². The van der Waals surface area contributed by atoms with E-state index in [0.29, 0.717) is 30.3 Å². The number of rotatable bonds is 15. The number of nitrogens with zero attached hydrogens (tertiary/aromatic N) is 4. The molecule has 0 aliphatic rings. The lowest BCUT2D eigenvalue weighted by atomic mass is 10.2. The summed E-state index contributed by atoms with van der Waals surface area (Å²) in [5.74, 6) is 1.15. The van der Waals surface area contributed by atoms with Crippen molar-refractivity contribution in [3.05, 3.63) is 66.3 Å². The van der Waals surface area contributed by atoms with Crippen molar-refractivity contribution >= 4 is 10.0 Å². The Balaban J connectivity index is 1.54. The third-order valence-corrected chi connectivity index (χ3v) is 7.80. The number of unbranched alkanes of at least 4 members (excludes halogenated alkanes) is 1. The van der Waals surface area contributed by atoms with Gasteiger partial charge < -0.3 is 15.3 Å². The van der Waals surface area contributed by atoms with Gasteiger partial charge in [-0.3, -0.25) is 4.90 Å². The Morgan fingerprint density at radius 2 is 1.46 bits per heavy atom. The largest absolute Gasteiger partial charge is 0.347 e. The molecular formula is C25H39N7O2S. The zero-order valence-corrected chi connectivity index (χ0v) is 22.1. The first-order chi connectivity index (χ1) is 16.8. The van der Waals surface area contributed by atoms with E-state index in [-0.39, 0.29) is 18.0 Å². The fourth-order valence-corrected chi connectivity index (χ4v) is 5.51. The Bertz CT molecular complexity index is 1040.